The highest BCUT2D eigenvalue weighted by Crippen LogP contribution is 2.22. The maximum atomic E-state index is 13.9. The molecule has 0 radical (unpaired) electrons. The first-order valence-electron chi connectivity index (χ1n) is 5.10. The van der Waals surface area contributed by atoms with Crippen molar-refractivity contribution in [2.45, 2.75) is 19.2 Å². The van der Waals surface area contributed by atoms with Crippen LogP contribution < -0.4 is 0 Å². The zero-order valence-electron chi connectivity index (χ0n) is 9.47. The van der Waals surface area contributed by atoms with Crippen LogP contribution in [0.25, 0.3) is 5.69 Å². The van der Waals surface area contributed by atoms with Crippen molar-refractivity contribution >= 4 is 15.9 Å². The second-order valence-electron chi connectivity index (χ2n) is 3.88. The molecule has 2 rings (SSSR count). The molecule has 0 spiro atoms. The van der Waals surface area contributed by atoms with Gasteiger partial charge in [0.2, 0.25) is 0 Å². The summed E-state index contributed by atoms with van der Waals surface area (Å²) in [5, 5.41) is 4.50. The van der Waals surface area contributed by atoms with Gasteiger partial charge in [0.15, 0.2) is 11.6 Å². The topological polar surface area (TPSA) is 17.8 Å². The summed E-state index contributed by atoms with van der Waals surface area (Å²) in [4.78, 5) is 0. The number of alkyl halides is 1. The summed E-state index contributed by atoms with van der Waals surface area (Å²) < 4.78 is 29.0. The van der Waals surface area contributed by atoms with E-state index in [-0.39, 0.29) is 5.69 Å². The van der Waals surface area contributed by atoms with Gasteiger partial charge in [-0.1, -0.05) is 15.9 Å². The van der Waals surface area contributed by atoms with Crippen LogP contribution in [0.4, 0.5) is 8.78 Å². The van der Waals surface area contributed by atoms with Crippen LogP contribution in [0.5, 0.6) is 0 Å². The number of aromatic nitrogens is 2. The lowest BCUT2D eigenvalue weighted by molar-refractivity contribution is 0.555. The molecule has 1 heterocycles. The molecule has 2 aromatic rings. The van der Waals surface area contributed by atoms with E-state index in [4.69, 9.17) is 0 Å². The first kappa shape index (κ1) is 12.2. The standard InChI is InChI=1S/C12H11BrF2N2/c1-7-3-8(2)17(16-7)12-10(14)4-9(6-13)5-11(12)15/h3-5H,6H2,1-2H3. The average molecular weight is 301 g/mol. The maximum Gasteiger partial charge on any atom is 0.152 e. The maximum absolute atomic E-state index is 13.9. The fourth-order valence-electron chi connectivity index (χ4n) is 1.75. The molecule has 1 aromatic heterocycles. The minimum absolute atomic E-state index is 0.125. The monoisotopic (exact) mass is 300 g/mol. The number of rotatable bonds is 2. The van der Waals surface area contributed by atoms with Crippen molar-refractivity contribution < 1.29 is 8.78 Å². The van der Waals surface area contributed by atoms with E-state index >= 15 is 0 Å². The van der Waals surface area contributed by atoms with Crippen molar-refractivity contribution in [3.63, 3.8) is 0 Å². The molecular formula is C12H11BrF2N2. The molecule has 2 nitrogen and oxygen atoms in total. The molecule has 0 bridgehead atoms. The van der Waals surface area contributed by atoms with Crippen molar-refractivity contribution in [2.75, 3.05) is 0 Å². The molecule has 0 saturated carbocycles. The number of halogens is 3. The molecule has 0 unspecified atom stereocenters. The van der Waals surface area contributed by atoms with Gasteiger partial charge in [-0.05, 0) is 37.6 Å². The van der Waals surface area contributed by atoms with Crippen molar-refractivity contribution in [1.29, 1.82) is 0 Å². The Morgan fingerprint density at radius 1 is 1.18 bits per heavy atom. The van der Waals surface area contributed by atoms with Gasteiger partial charge in [-0.2, -0.15) is 5.10 Å². The zero-order valence-corrected chi connectivity index (χ0v) is 11.1. The van der Waals surface area contributed by atoms with E-state index in [2.05, 4.69) is 21.0 Å². The van der Waals surface area contributed by atoms with Crippen LogP contribution in [0.15, 0.2) is 18.2 Å². The third-order valence-corrected chi connectivity index (χ3v) is 3.10. The van der Waals surface area contributed by atoms with Crippen LogP contribution in [0.2, 0.25) is 0 Å². The van der Waals surface area contributed by atoms with E-state index in [1.54, 1.807) is 19.9 Å². The van der Waals surface area contributed by atoms with E-state index in [1.807, 2.05) is 0 Å². The third kappa shape index (κ3) is 2.24. The summed E-state index contributed by atoms with van der Waals surface area (Å²) >= 11 is 3.17. The zero-order chi connectivity index (χ0) is 12.6. The van der Waals surface area contributed by atoms with Gasteiger partial charge in [0, 0.05) is 11.0 Å². The Morgan fingerprint density at radius 3 is 2.18 bits per heavy atom. The van der Waals surface area contributed by atoms with E-state index in [1.165, 1.54) is 16.8 Å². The Kier molecular flexibility index (Phi) is 3.28. The van der Waals surface area contributed by atoms with Crippen LogP contribution in [-0.2, 0) is 5.33 Å². The molecule has 90 valence electrons. The van der Waals surface area contributed by atoms with E-state index in [0.717, 1.165) is 5.69 Å². The highest BCUT2D eigenvalue weighted by atomic mass is 79.9. The summed E-state index contributed by atoms with van der Waals surface area (Å²) in [5.74, 6) is -1.21. The Labute approximate surface area is 106 Å². The van der Waals surface area contributed by atoms with Crippen molar-refractivity contribution in [1.82, 2.24) is 9.78 Å². The predicted molar refractivity (Wildman–Crippen MR) is 65.6 cm³/mol. The lowest BCUT2D eigenvalue weighted by atomic mass is 10.2. The number of aryl methyl sites for hydroxylation is 2. The Morgan fingerprint density at radius 2 is 1.76 bits per heavy atom. The van der Waals surface area contributed by atoms with Gasteiger partial charge in [-0.25, -0.2) is 13.5 Å². The molecular weight excluding hydrogens is 290 g/mol. The molecule has 5 heteroatoms. The fraction of sp³-hybridized carbons (Fsp3) is 0.250. The molecule has 0 N–H and O–H groups in total. The normalized spacial score (nSPS) is 10.9. The molecule has 0 atom stereocenters. The predicted octanol–water partition coefficient (Wildman–Crippen LogP) is 3.66. The van der Waals surface area contributed by atoms with Crippen LogP contribution in [-0.4, -0.2) is 9.78 Å². The van der Waals surface area contributed by atoms with Gasteiger partial charge in [-0.15, -0.1) is 0 Å². The van der Waals surface area contributed by atoms with Crippen molar-refractivity contribution in [2.24, 2.45) is 0 Å². The second-order valence-corrected chi connectivity index (χ2v) is 4.44. The Balaban J connectivity index is 2.63. The highest BCUT2D eigenvalue weighted by molar-refractivity contribution is 9.08. The molecule has 0 aliphatic rings. The minimum atomic E-state index is -0.606. The summed E-state index contributed by atoms with van der Waals surface area (Å²) in [6.07, 6.45) is 0. The number of benzene rings is 1. The van der Waals surface area contributed by atoms with Gasteiger partial charge in [-0.3, -0.25) is 0 Å². The summed E-state index contributed by atoms with van der Waals surface area (Å²) in [6.45, 7) is 3.55. The Hall–Kier alpha value is -1.23. The smallest absolute Gasteiger partial charge is 0.152 e. The number of hydrogen-bond acceptors (Lipinski definition) is 1. The van der Waals surface area contributed by atoms with Crippen LogP contribution >= 0.6 is 15.9 Å². The summed E-state index contributed by atoms with van der Waals surface area (Å²) in [5.41, 5.74) is 1.86. The second kappa shape index (κ2) is 4.56. The molecule has 0 aliphatic heterocycles. The van der Waals surface area contributed by atoms with E-state index < -0.39 is 11.6 Å². The van der Waals surface area contributed by atoms with Crippen LogP contribution in [0.3, 0.4) is 0 Å². The quantitative estimate of drug-likeness (QED) is 0.774. The fourth-order valence-corrected chi connectivity index (χ4v) is 2.08. The van der Waals surface area contributed by atoms with Gasteiger partial charge in [0.25, 0.3) is 0 Å². The lowest BCUT2D eigenvalue weighted by Gasteiger charge is -2.08. The molecule has 0 amide bonds. The van der Waals surface area contributed by atoms with Gasteiger partial charge >= 0.3 is 0 Å². The first-order valence-corrected chi connectivity index (χ1v) is 6.22. The molecule has 0 fully saturated rings. The third-order valence-electron chi connectivity index (χ3n) is 2.45. The van der Waals surface area contributed by atoms with Crippen molar-refractivity contribution in [3.05, 3.63) is 46.8 Å². The first-order chi connectivity index (χ1) is 8.02. The number of hydrogen-bond donors (Lipinski definition) is 0. The molecule has 0 saturated heterocycles. The average Bonchev–Trinajstić information content (AvgIpc) is 2.57. The van der Waals surface area contributed by atoms with Gasteiger partial charge in [0.05, 0.1) is 5.69 Å². The Bertz CT molecular complexity index is 541. The summed E-state index contributed by atoms with van der Waals surface area (Å²) in [7, 11) is 0. The minimum Gasteiger partial charge on any atom is -0.232 e. The van der Waals surface area contributed by atoms with Crippen LogP contribution in [0, 0.1) is 25.5 Å². The van der Waals surface area contributed by atoms with Crippen LogP contribution in [0.1, 0.15) is 17.0 Å². The summed E-state index contributed by atoms with van der Waals surface area (Å²) in [6, 6.07) is 4.39. The van der Waals surface area contributed by atoms with Gasteiger partial charge < -0.3 is 0 Å². The van der Waals surface area contributed by atoms with E-state index in [9.17, 15) is 8.78 Å². The number of nitrogens with zero attached hydrogens (tertiary/aromatic N) is 2. The molecule has 17 heavy (non-hydrogen) atoms. The molecule has 1 aromatic carbocycles. The van der Waals surface area contributed by atoms with E-state index in [0.29, 0.717) is 16.6 Å². The SMILES string of the molecule is Cc1cc(C)n(-c2c(F)cc(CBr)cc2F)n1. The lowest BCUT2D eigenvalue weighted by Crippen LogP contribution is -2.06. The molecule has 0 aliphatic carbocycles. The van der Waals surface area contributed by atoms with Crippen molar-refractivity contribution in [3.8, 4) is 5.69 Å². The largest absolute Gasteiger partial charge is 0.232 e. The highest BCUT2D eigenvalue weighted by Gasteiger charge is 2.15. The van der Waals surface area contributed by atoms with Gasteiger partial charge in [0.1, 0.15) is 5.69 Å².